The van der Waals surface area contributed by atoms with Gasteiger partial charge in [-0.15, -0.1) is 0 Å². The van der Waals surface area contributed by atoms with Crippen molar-refractivity contribution >= 4 is 0 Å². The van der Waals surface area contributed by atoms with E-state index < -0.39 is 0 Å². The third-order valence-corrected chi connectivity index (χ3v) is 2.52. The standard InChI is InChI=1S/C14H20N2O/c1-2-3-9-17-10-8-16-12-14-7-5-4-6-13(14)11-15/h4-7,16H,2-3,8-10,12H2,1H3. The highest BCUT2D eigenvalue weighted by Gasteiger charge is 1.99. The smallest absolute Gasteiger partial charge is 0.0995 e. The number of nitrogens with one attached hydrogen (secondary N) is 1. The molecule has 0 bridgehead atoms. The van der Waals surface area contributed by atoms with E-state index in [-0.39, 0.29) is 0 Å². The minimum Gasteiger partial charge on any atom is -0.380 e. The van der Waals surface area contributed by atoms with Crippen molar-refractivity contribution in [3.05, 3.63) is 35.4 Å². The summed E-state index contributed by atoms with van der Waals surface area (Å²) in [4.78, 5) is 0. The van der Waals surface area contributed by atoms with Crippen LogP contribution in [0.5, 0.6) is 0 Å². The van der Waals surface area contributed by atoms with Crippen LogP contribution < -0.4 is 5.32 Å². The third-order valence-electron chi connectivity index (χ3n) is 2.52. The summed E-state index contributed by atoms with van der Waals surface area (Å²) in [5.74, 6) is 0. The van der Waals surface area contributed by atoms with E-state index in [1.807, 2.05) is 24.3 Å². The number of unbranched alkanes of at least 4 members (excludes halogenated alkanes) is 1. The van der Waals surface area contributed by atoms with Gasteiger partial charge < -0.3 is 10.1 Å². The predicted octanol–water partition coefficient (Wildman–Crippen LogP) is 2.46. The molecule has 0 saturated carbocycles. The molecule has 0 aliphatic carbocycles. The molecule has 0 amide bonds. The van der Waals surface area contributed by atoms with Crippen molar-refractivity contribution in [2.45, 2.75) is 26.3 Å². The molecular formula is C14H20N2O. The van der Waals surface area contributed by atoms with Gasteiger partial charge in [0.15, 0.2) is 0 Å². The first-order valence-electron chi connectivity index (χ1n) is 6.15. The van der Waals surface area contributed by atoms with Crippen LogP contribution in [0.3, 0.4) is 0 Å². The van der Waals surface area contributed by atoms with Crippen molar-refractivity contribution in [3.63, 3.8) is 0 Å². The molecule has 0 unspecified atom stereocenters. The van der Waals surface area contributed by atoms with Crippen LogP contribution in [0, 0.1) is 11.3 Å². The second-order valence-corrected chi connectivity index (χ2v) is 3.91. The van der Waals surface area contributed by atoms with Crippen molar-refractivity contribution < 1.29 is 4.74 Å². The highest BCUT2D eigenvalue weighted by atomic mass is 16.5. The zero-order chi connectivity index (χ0) is 12.3. The molecule has 0 aliphatic heterocycles. The lowest BCUT2D eigenvalue weighted by Crippen LogP contribution is -2.20. The van der Waals surface area contributed by atoms with Crippen molar-refractivity contribution in [2.75, 3.05) is 19.8 Å². The molecule has 3 heteroatoms. The molecule has 0 radical (unpaired) electrons. The minimum absolute atomic E-state index is 0.723. The Labute approximate surface area is 103 Å². The highest BCUT2D eigenvalue weighted by Crippen LogP contribution is 2.06. The maximum atomic E-state index is 8.92. The molecule has 1 rings (SSSR count). The molecule has 1 aromatic carbocycles. The Morgan fingerprint density at radius 2 is 2.12 bits per heavy atom. The Morgan fingerprint density at radius 1 is 1.29 bits per heavy atom. The van der Waals surface area contributed by atoms with Crippen molar-refractivity contribution in [2.24, 2.45) is 0 Å². The molecule has 0 aromatic heterocycles. The van der Waals surface area contributed by atoms with Gasteiger partial charge in [-0.1, -0.05) is 31.5 Å². The SMILES string of the molecule is CCCCOCCNCc1ccccc1C#N. The molecule has 0 saturated heterocycles. The van der Waals surface area contributed by atoms with E-state index in [4.69, 9.17) is 10.00 Å². The first-order valence-corrected chi connectivity index (χ1v) is 6.15. The predicted molar refractivity (Wildman–Crippen MR) is 68.6 cm³/mol. The summed E-state index contributed by atoms with van der Waals surface area (Å²) in [5, 5.41) is 12.2. The largest absolute Gasteiger partial charge is 0.380 e. The second-order valence-electron chi connectivity index (χ2n) is 3.91. The Bertz CT molecular complexity index is 357. The van der Waals surface area contributed by atoms with Gasteiger partial charge in [-0.3, -0.25) is 0 Å². The first kappa shape index (κ1) is 13.7. The molecule has 0 spiro atoms. The Hall–Kier alpha value is -1.37. The van der Waals surface area contributed by atoms with E-state index in [2.05, 4.69) is 18.3 Å². The Kier molecular flexibility index (Phi) is 7.04. The molecule has 1 N–H and O–H groups in total. The van der Waals surface area contributed by atoms with Crippen molar-refractivity contribution in [1.82, 2.24) is 5.32 Å². The fourth-order valence-corrected chi connectivity index (χ4v) is 1.50. The van der Waals surface area contributed by atoms with Crippen LogP contribution in [0.1, 0.15) is 30.9 Å². The van der Waals surface area contributed by atoms with Gasteiger partial charge >= 0.3 is 0 Å². The van der Waals surface area contributed by atoms with Gasteiger partial charge in [0.2, 0.25) is 0 Å². The molecule has 0 atom stereocenters. The van der Waals surface area contributed by atoms with Crippen molar-refractivity contribution in [3.8, 4) is 6.07 Å². The van der Waals surface area contributed by atoms with Gasteiger partial charge in [0.05, 0.1) is 18.2 Å². The van der Waals surface area contributed by atoms with Crippen LogP contribution in [-0.2, 0) is 11.3 Å². The summed E-state index contributed by atoms with van der Waals surface area (Å²) in [7, 11) is 0. The van der Waals surface area contributed by atoms with Crippen LogP contribution in [-0.4, -0.2) is 19.8 Å². The van der Waals surface area contributed by atoms with E-state index in [0.717, 1.165) is 43.9 Å². The fourth-order valence-electron chi connectivity index (χ4n) is 1.50. The average Bonchev–Trinajstić information content (AvgIpc) is 2.38. The molecule has 0 heterocycles. The van der Waals surface area contributed by atoms with Crippen LogP contribution >= 0.6 is 0 Å². The lowest BCUT2D eigenvalue weighted by atomic mass is 10.1. The number of benzene rings is 1. The molecule has 0 aliphatic rings. The van der Waals surface area contributed by atoms with Gasteiger partial charge in [-0.05, 0) is 18.1 Å². The van der Waals surface area contributed by atoms with Crippen molar-refractivity contribution in [1.29, 1.82) is 5.26 Å². The van der Waals surface area contributed by atoms with Crippen LogP contribution in [0.15, 0.2) is 24.3 Å². The lowest BCUT2D eigenvalue weighted by molar-refractivity contribution is 0.133. The molecule has 17 heavy (non-hydrogen) atoms. The summed E-state index contributed by atoms with van der Waals surface area (Å²) in [5.41, 5.74) is 1.79. The Balaban J connectivity index is 2.16. The maximum Gasteiger partial charge on any atom is 0.0995 e. The number of hydrogen-bond donors (Lipinski definition) is 1. The number of nitrogens with zero attached hydrogens (tertiary/aromatic N) is 1. The molecule has 1 aromatic rings. The highest BCUT2D eigenvalue weighted by molar-refractivity contribution is 5.37. The second kappa shape index (κ2) is 8.74. The normalized spacial score (nSPS) is 10.1. The zero-order valence-corrected chi connectivity index (χ0v) is 10.4. The molecular weight excluding hydrogens is 212 g/mol. The Morgan fingerprint density at radius 3 is 2.88 bits per heavy atom. The third kappa shape index (κ3) is 5.48. The number of nitriles is 1. The molecule has 0 fully saturated rings. The quantitative estimate of drug-likeness (QED) is 0.700. The monoisotopic (exact) mass is 232 g/mol. The van der Waals surface area contributed by atoms with Crippen LogP contribution in [0.4, 0.5) is 0 Å². The summed E-state index contributed by atoms with van der Waals surface area (Å²) in [6, 6.07) is 9.85. The summed E-state index contributed by atoms with van der Waals surface area (Å²) >= 11 is 0. The first-order chi connectivity index (χ1) is 8.38. The average molecular weight is 232 g/mol. The van der Waals surface area contributed by atoms with Gasteiger partial charge in [0, 0.05) is 19.7 Å². The summed E-state index contributed by atoms with van der Waals surface area (Å²) < 4.78 is 5.44. The molecule has 3 nitrogen and oxygen atoms in total. The molecule has 92 valence electrons. The number of ether oxygens (including phenoxy) is 1. The van der Waals surface area contributed by atoms with Gasteiger partial charge in [0.1, 0.15) is 0 Å². The van der Waals surface area contributed by atoms with Gasteiger partial charge in [0.25, 0.3) is 0 Å². The zero-order valence-electron chi connectivity index (χ0n) is 10.4. The topological polar surface area (TPSA) is 45.0 Å². The van der Waals surface area contributed by atoms with E-state index in [1.165, 1.54) is 6.42 Å². The lowest BCUT2D eigenvalue weighted by Gasteiger charge is -2.07. The maximum absolute atomic E-state index is 8.92. The van der Waals surface area contributed by atoms with E-state index >= 15 is 0 Å². The van der Waals surface area contributed by atoms with E-state index in [1.54, 1.807) is 0 Å². The summed E-state index contributed by atoms with van der Waals surface area (Å²) in [6.45, 7) is 5.27. The summed E-state index contributed by atoms with van der Waals surface area (Å²) in [6.07, 6.45) is 2.29. The van der Waals surface area contributed by atoms with Gasteiger partial charge in [-0.2, -0.15) is 5.26 Å². The van der Waals surface area contributed by atoms with Crippen LogP contribution in [0.2, 0.25) is 0 Å². The van der Waals surface area contributed by atoms with E-state index in [9.17, 15) is 0 Å². The fraction of sp³-hybridized carbons (Fsp3) is 0.500. The van der Waals surface area contributed by atoms with E-state index in [0.29, 0.717) is 0 Å². The number of hydrogen-bond acceptors (Lipinski definition) is 3. The van der Waals surface area contributed by atoms with Crippen LogP contribution in [0.25, 0.3) is 0 Å². The van der Waals surface area contributed by atoms with Gasteiger partial charge in [-0.25, -0.2) is 0 Å². The number of rotatable bonds is 8. The minimum atomic E-state index is 0.723.